The Balaban J connectivity index is 1.37. The number of rotatable bonds is 6. The van der Waals surface area contributed by atoms with Crippen LogP contribution in [0.1, 0.15) is 37.8 Å². The van der Waals surface area contributed by atoms with Crippen LogP contribution in [0.4, 0.5) is 5.69 Å². The molecule has 2 aromatic carbocycles. The molecule has 3 aromatic rings. The summed E-state index contributed by atoms with van der Waals surface area (Å²) in [5.41, 5.74) is 5.11. The molecule has 3 heterocycles. The van der Waals surface area contributed by atoms with E-state index < -0.39 is 21.9 Å². The minimum Gasteiger partial charge on any atom is -0.465 e. The maximum atomic E-state index is 14.0. The number of anilines is 1. The summed E-state index contributed by atoms with van der Waals surface area (Å²) in [4.78, 5) is 30.4. The molecule has 10 heteroatoms. The van der Waals surface area contributed by atoms with Crippen molar-refractivity contribution < 1.29 is 22.7 Å². The van der Waals surface area contributed by atoms with Crippen molar-refractivity contribution in [2.24, 2.45) is 5.92 Å². The quantitative estimate of drug-likeness (QED) is 0.406. The van der Waals surface area contributed by atoms with Gasteiger partial charge in [-0.25, -0.2) is 13.2 Å². The van der Waals surface area contributed by atoms with Crippen LogP contribution in [0.2, 0.25) is 0 Å². The Bertz CT molecular complexity index is 1510. The van der Waals surface area contributed by atoms with Gasteiger partial charge in [0.2, 0.25) is 5.91 Å². The lowest BCUT2D eigenvalue weighted by molar-refractivity contribution is -0.135. The minimum atomic E-state index is -3.92. The van der Waals surface area contributed by atoms with E-state index >= 15 is 0 Å². The third-order valence-electron chi connectivity index (χ3n) is 8.11. The van der Waals surface area contributed by atoms with Gasteiger partial charge in [0.1, 0.15) is 9.09 Å². The predicted octanol–water partition coefficient (Wildman–Crippen LogP) is 4.21. The van der Waals surface area contributed by atoms with Gasteiger partial charge in [0.25, 0.3) is 10.0 Å². The zero-order chi connectivity index (χ0) is 28.6. The van der Waals surface area contributed by atoms with Crippen molar-refractivity contribution in [3.8, 4) is 0 Å². The molecule has 1 amide bonds. The van der Waals surface area contributed by atoms with Crippen LogP contribution in [0.3, 0.4) is 0 Å². The number of aryl methyl sites for hydroxylation is 3. The van der Waals surface area contributed by atoms with Gasteiger partial charge in [-0.2, -0.15) is 4.31 Å². The summed E-state index contributed by atoms with van der Waals surface area (Å²) in [5.74, 6) is -1.33. The fourth-order valence-electron chi connectivity index (χ4n) is 5.63. The monoisotopic (exact) mass is 581 g/mol. The van der Waals surface area contributed by atoms with Crippen molar-refractivity contribution >= 4 is 38.9 Å². The van der Waals surface area contributed by atoms with Gasteiger partial charge in [-0.05, 0) is 61.2 Å². The molecule has 0 spiro atoms. The Labute approximate surface area is 240 Å². The number of amides is 1. The van der Waals surface area contributed by atoms with Crippen LogP contribution < -0.4 is 4.90 Å². The molecule has 2 fully saturated rings. The van der Waals surface area contributed by atoms with Crippen LogP contribution in [0.5, 0.6) is 0 Å². The number of carbonyl (C=O) groups excluding carboxylic acids is 2. The topological polar surface area (TPSA) is 87.2 Å². The van der Waals surface area contributed by atoms with Crippen molar-refractivity contribution in [2.75, 3.05) is 51.3 Å². The SMILES string of the molecule is COC(=O)c1cc(C)c(S(=O)(=O)N2CC(C(=O)N3CCN(c4ccc(C)c(C)c4)CC3)C(c3ccccc3)C2)s1. The summed E-state index contributed by atoms with van der Waals surface area (Å²) >= 11 is 0.916. The summed E-state index contributed by atoms with van der Waals surface area (Å²) < 4.78 is 33.9. The number of thiophene rings is 1. The number of methoxy groups -OCH3 is 1. The van der Waals surface area contributed by atoms with Gasteiger partial charge >= 0.3 is 5.97 Å². The lowest BCUT2D eigenvalue weighted by Gasteiger charge is -2.38. The number of esters is 1. The third-order valence-corrected chi connectivity index (χ3v) is 11.8. The molecule has 2 aliphatic heterocycles. The van der Waals surface area contributed by atoms with E-state index in [4.69, 9.17) is 4.74 Å². The van der Waals surface area contributed by atoms with Crippen molar-refractivity contribution in [1.82, 2.24) is 9.21 Å². The third kappa shape index (κ3) is 5.40. The number of hydrogen-bond acceptors (Lipinski definition) is 7. The van der Waals surface area contributed by atoms with E-state index in [9.17, 15) is 18.0 Å². The zero-order valence-corrected chi connectivity index (χ0v) is 24.9. The first-order valence-electron chi connectivity index (χ1n) is 13.4. The Morgan fingerprint density at radius 2 is 1.57 bits per heavy atom. The highest BCUT2D eigenvalue weighted by molar-refractivity contribution is 7.91. The van der Waals surface area contributed by atoms with Gasteiger partial charge in [-0.15, -0.1) is 11.3 Å². The molecule has 2 saturated heterocycles. The Morgan fingerprint density at radius 3 is 2.23 bits per heavy atom. The van der Waals surface area contributed by atoms with E-state index in [2.05, 4.69) is 36.9 Å². The second kappa shape index (κ2) is 11.3. The zero-order valence-electron chi connectivity index (χ0n) is 23.3. The van der Waals surface area contributed by atoms with Crippen LogP contribution in [-0.2, 0) is 19.6 Å². The highest BCUT2D eigenvalue weighted by Crippen LogP contribution is 2.39. The van der Waals surface area contributed by atoms with Crippen molar-refractivity contribution in [1.29, 1.82) is 0 Å². The fourth-order valence-corrected chi connectivity index (χ4v) is 8.88. The molecule has 8 nitrogen and oxygen atoms in total. The smallest absolute Gasteiger partial charge is 0.348 e. The van der Waals surface area contributed by atoms with Crippen molar-refractivity contribution in [3.63, 3.8) is 0 Å². The van der Waals surface area contributed by atoms with Crippen LogP contribution >= 0.6 is 11.3 Å². The summed E-state index contributed by atoms with van der Waals surface area (Å²) in [5, 5.41) is 0. The summed E-state index contributed by atoms with van der Waals surface area (Å²) in [7, 11) is -2.64. The molecule has 5 rings (SSSR count). The van der Waals surface area contributed by atoms with E-state index in [0.29, 0.717) is 18.7 Å². The Hall–Kier alpha value is -3.21. The molecule has 0 bridgehead atoms. The first-order valence-corrected chi connectivity index (χ1v) is 15.7. The maximum Gasteiger partial charge on any atom is 0.348 e. The highest BCUT2D eigenvalue weighted by atomic mass is 32.2. The van der Waals surface area contributed by atoms with Gasteiger partial charge in [0, 0.05) is 50.9 Å². The van der Waals surface area contributed by atoms with Gasteiger partial charge < -0.3 is 14.5 Å². The molecular weight excluding hydrogens is 546 g/mol. The molecule has 0 radical (unpaired) electrons. The molecule has 0 saturated carbocycles. The minimum absolute atomic E-state index is 0.00978. The second-order valence-electron chi connectivity index (χ2n) is 10.6. The Kier molecular flexibility index (Phi) is 8.03. The Morgan fingerprint density at radius 1 is 0.875 bits per heavy atom. The van der Waals surface area contributed by atoms with Crippen LogP contribution in [-0.4, -0.2) is 75.9 Å². The van der Waals surface area contributed by atoms with Gasteiger partial charge in [-0.1, -0.05) is 36.4 Å². The number of sulfonamides is 1. The fraction of sp³-hybridized carbons (Fsp3) is 0.400. The lowest BCUT2D eigenvalue weighted by Crippen LogP contribution is -2.51. The van der Waals surface area contributed by atoms with Gasteiger partial charge in [-0.3, -0.25) is 4.79 Å². The molecule has 40 heavy (non-hydrogen) atoms. The van der Waals surface area contributed by atoms with Crippen LogP contribution in [0, 0.1) is 26.7 Å². The van der Waals surface area contributed by atoms with E-state index in [0.717, 1.165) is 35.7 Å². The summed E-state index contributed by atoms with van der Waals surface area (Å²) in [6, 6.07) is 17.7. The van der Waals surface area contributed by atoms with E-state index in [1.165, 1.54) is 22.5 Å². The first kappa shape index (κ1) is 28.3. The molecule has 1 aromatic heterocycles. The van der Waals surface area contributed by atoms with Gasteiger partial charge in [0.05, 0.1) is 13.0 Å². The van der Waals surface area contributed by atoms with Crippen molar-refractivity contribution in [3.05, 3.63) is 81.7 Å². The normalized spacial score (nSPS) is 20.1. The average molecular weight is 582 g/mol. The van der Waals surface area contributed by atoms with Gasteiger partial charge in [0.15, 0.2) is 0 Å². The number of benzene rings is 2. The molecule has 0 N–H and O–H groups in total. The number of carbonyl (C=O) groups is 2. The number of ether oxygens (including phenoxy) is 1. The molecule has 2 atom stereocenters. The highest BCUT2D eigenvalue weighted by Gasteiger charge is 2.46. The molecule has 2 aliphatic rings. The number of hydrogen-bond donors (Lipinski definition) is 0. The largest absolute Gasteiger partial charge is 0.465 e. The molecule has 2 unspecified atom stereocenters. The summed E-state index contributed by atoms with van der Waals surface area (Å²) in [6.07, 6.45) is 0. The first-order chi connectivity index (χ1) is 19.1. The van der Waals surface area contributed by atoms with E-state index in [-0.39, 0.29) is 34.0 Å². The molecule has 0 aliphatic carbocycles. The van der Waals surface area contributed by atoms with Crippen molar-refractivity contribution in [2.45, 2.75) is 30.9 Å². The van der Waals surface area contributed by atoms with Crippen LogP contribution in [0.25, 0.3) is 0 Å². The average Bonchev–Trinajstić information content (AvgIpc) is 3.60. The second-order valence-corrected chi connectivity index (χ2v) is 13.8. The van der Waals surface area contributed by atoms with Crippen LogP contribution in [0.15, 0.2) is 58.8 Å². The summed E-state index contributed by atoms with van der Waals surface area (Å²) in [6.45, 7) is 8.81. The molecular formula is C30H35N3O5S2. The predicted molar refractivity (Wildman–Crippen MR) is 157 cm³/mol. The van der Waals surface area contributed by atoms with E-state index in [1.54, 1.807) is 13.0 Å². The lowest BCUT2D eigenvalue weighted by atomic mass is 9.88. The number of nitrogens with zero attached hydrogens (tertiary/aromatic N) is 3. The van der Waals surface area contributed by atoms with E-state index in [1.807, 2.05) is 35.2 Å². The molecule has 212 valence electrons. The maximum absolute atomic E-state index is 14.0. The standard InChI is InChI=1S/C30H35N3O5S2/c1-20-10-11-24(16-21(20)2)31-12-14-32(15-13-31)28(34)26-19-33(18-25(26)23-8-6-5-7-9-23)40(36,37)30-22(3)17-27(39-30)29(35)38-4/h5-11,16-17,25-26H,12-15,18-19H2,1-4H3. The number of piperazine rings is 1.